The summed E-state index contributed by atoms with van der Waals surface area (Å²) in [5.41, 5.74) is 5.89. The van der Waals surface area contributed by atoms with Gasteiger partial charge in [0.1, 0.15) is 5.75 Å². The number of ether oxygens (including phenoxy) is 1. The smallest absolute Gasteiger partial charge is 0.118 e. The molecule has 4 rings (SSSR count). The van der Waals surface area contributed by atoms with Gasteiger partial charge < -0.3 is 9.84 Å². The Morgan fingerprint density at radius 3 is 1.79 bits per heavy atom. The van der Waals surface area contributed by atoms with Gasteiger partial charge in [0.25, 0.3) is 0 Å². The molecule has 1 fully saturated rings. The molecule has 176 valence electrons. The maximum Gasteiger partial charge on any atom is 0.118 e. The molecule has 0 amide bonds. The highest BCUT2D eigenvalue weighted by atomic mass is 35.5. The predicted molar refractivity (Wildman–Crippen MR) is 137 cm³/mol. The molecule has 1 N–H and O–H groups in total. The van der Waals surface area contributed by atoms with Gasteiger partial charge in [-0.25, -0.2) is 0 Å². The van der Waals surface area contributed by atoms with Crippen LogP contribution in [0.3, 0.4) is 0 Å². The van der Waals surface area contributed by atoms with Crippen molar-refractivity contribution in [3.8, 4) is 5.75 Å². The third-order valence-electron chi connectivity index (χ3n) is 6.50. The predicted octanol–water partition coefficient (Wildman–Crippen LogP) is 5.33. The van der Waals surface area contributed by atoms with Crippen molar-refractivity contribution in [1.29, 1.82) is 0 Å². The molecule has 0 radical (unpaired) electrons. The first-order chi connectivity index (χ1) is 15.5. The van der Waals surface area contributed by atoms with Gasteiger partial charge >= 0.3 is 0 Å². The molecule has 33 heavy (non-hydrogen) atoms. The molecule has 2 unspecified atom stereocenters. The van der Waals surface area contributed by atoms with E-state index in [1.807, 2.05) is 12.1 Å². The summed E-state index contributed by atoms with van der Waals surface area (Å²) in [6, 6.07) is 25.2. The van der Waals surface area contributed by atoms with E-state index >= 15 is 0 Å². The van der Waals surface area contributed by atoms with Gasteiger partial charge in [-0.15, -0.1) is 12.4 Å². The Kier molecular flexibility index (Phi) is 8.93. The molecular weight excluding hydrogens is 432 g/mol. The molecule has 2 atom stereocenters. The zero-order valence-corrected chi connectivity index (χ0v) is 20.6. The Morgan fingerprint density at radius 1 is 0.758 bits per heavy atom. The molecule has 1 aliphatic heterocycles. The molecule has 0 saturated carbocycles. The summed E-state index contributed by atoms with van der Waals surface area (Å²) in [6.07, 6.45) is -0.563. The number of methoxy groups -OCH3 is 1. The average Bonchev–Trinajstić information content (AvgIpc) is 2.82. The molecule has 1 aliphatic rings. The third-order valence-corrected chi connectivity index (χ3v) is 6.50. The molecule has 0 bridgehead atoms. The van der Waals surface area contributed by atoms with Crippen LogP contribution in [0.5, 0.6) is 5.75 Å². The fourth-order valence-corrected chi connectivity index (χ4v) is 4.49. The van der Waals surface area contributed by atoms with E-state index in [0.717, 1.165) is 44.0 Å². The van der Waals surface area contributed by atoms with Crippen LogP contribution < -0.4 is 4.74 Å². The highest BCUT2D eigenvalue weighted by Gasteiger charge is 2.31. The van der Waals surface area contributed by atoms with Crippen molar-refractivity contribution in [1.82, 2.24) is 9.80 Å². The SMILES string of the molecule is COc1ccc(CN2CCN(C(c3ccc(C)cc3)C(O)c3ccc(C)cc3)CC2)cc1.Cl. The number of aliphatic hydroxyl groups excluding tert-OH is 1. The number of rotatable bonds is 7. The van der Waals surface area contributed by atoms with Gasteiger partial charge in [0.15, 0.2) is 0 Å². The van der Waals surface area contributed by atoms with Crippen molar-refractivity contribution in [2.75, 3.05) is 33.3 Å². The minimum Gasteiger partial charge on any atom is -0.497 e. The normalized spacial score (nSPS) is 16.6. The number of aryl methyl sites for hydroxylation is 2. The molecule has 0 spiro atoms. The second-order valence-electron chi connectivity index (χ2n) is 8.87. The van der Waals surface area contributed by atoms with Gasteiger partial charge in [0, 0.05) is 32.7 Å². The van der Waals surface area contributed by atoms with Crippen molar-refractivity contribution in [2.24, 2.45) is 0 Å². The van der Waals surface area contributed by atoms with Crippen LogP contribution in [0.1, 0.15) is 40.0 Å². The first-order valence-electron chi connectivity index (χ1n) is 11.4. The zero-order chi connectivity index (χ0) is 22.5. The summed E-state index contributed by atoms with van der Waals surface area (Å²) in [6.45, 7) is 8.94. The lowest BCUT2D eigenvalue weighted by molar-refractivity contribution is 0.0148. The van der Waals surface area contributed by atoms with E-state index in [2.05, 4.69) is 84.3 Å². The third kappa shape index (κ3) is 6.36. The van der Waals surface area contributed by atoms with Gasteiger partial charge in [-0.05, 0) is 42.7 Å². The van der Waals surface area contributed by atoms with Crippen LogP contribution in [0, 0.1) is 13.8 Å². The number of hydrogen-bond donors (Lipinski definition) is 1. The summed E-state index contributed by atoms with van der Waals surface area (Å²) < 4.78 is 5.27. The summed E-state index contributed by atoms with van der Waals surface area (Å²) in [4.78, 5) is 4.93. The van der Waals surface area contributed by atoms with Gasteiger partial charge in [0.2, 0.25) is 0 Å². The minimum atomic E-state index is -0.563. The molecule has 0 aromatic heterocycles. The van der Waals surface area contributed by atoms with E-state index in [0.29, 0.717) is 0 Å². The fourth-order valence-electron chi connectivity index (χ4n) is 4.49. The Bertz CT molecular complexity index is 982. The Balaban J connectivity index is 0.00000306. The summed E-state index contributed by atoms with van der Waals surface area (Å²) >= 11 is 0. The van der Waals surface area contributed by atoms with Gasteiger partial charge in [-0.3, -0.25) is 9.80 Å². The van der Waals surface area contributed by atoms with Crippen molar-refractivity contribution < 1.29 is 9.84 Å². The van der Waals surface area contributed by atoms with Gasteiger partial charge in [-0.2, -0.15) is 0 Å². The van der Waals surface area contributed by atoms with Crippen molar-refractivity contribution in [3.63, 3.8) is 0 Å². The van der Waals surface area contributed by atoms with E-state index in [9.17, 15) is 5.11 Å². The van der Waals surface area contributed by atoms with Crippen LogP contribution >= 0.6 is 12.4 Å². The maximum atomic E-state index is 11.4. The molecule has 4 nitrogen and oxygen atoms in total. The van der Waals surface area contributed by atoms with Crippen LogP contribution in [0.2, 0.25) is 0 Å². The molecule has 5 heteroatoms. The average molecular weight is 467 g/mol. The molecular formula is C28H35ClN2O2. The monoisotopic (exact) mass is 466 g/mol. The largest absolute Gasteiger partial charge is 0.497 e. The second kappa shape index (κ2) is 11.7. The summed E-state index contributed by atoms with van der Waals surface area (Å²) in [7, 11) is 1.70. The topological polar surface area (TPSA) is 35.9 Å². The number of hydrogen-bond acceptors (Lipinski definition) is 4. The lowest BCUT2D eigenvalue weighted by Gasteiger charge is -2.41. The molecule has 0 aliphatic carbocycles. The van der Waals surface area contributed by atoms with Gasteiger partial charge in [-0.1, -0.05) is 71.8 Å². The van der Waals surface area contributed by atoms with Crippen LogP contribution in [0.4, 0.5) is 0 Å². The summed E-state index contributed by atoms with van der Waals surface area (Å²) in [5, 5.41) is 11.4. The number of aliphatic hydroxyl groups is 1. The standard InChI is InChI=1S/C28H34N2O2.ClH/c1-21-4-10-24(11-5-21)27(28(31)25-12-6-22(2)7-13-25)30-18-16-29(17-19-30)20-23-8-14-26(32-3)15-9-23;/h4-15,27-28,31H,16-20H2,1-3H3;1H. The molecule has 1 heterocycles. The number of nitrogens with zero attached hydrogens (tertiary/aromatic N) is 2. The Hall–Kier alpha value is -2.37. The van der Waals surface area contributed by atoms with E-state index < -0.39 is 6.10 Å². The molecule has 3 aromatic rings. The van der Waals surface area contributed by atoms with E-state index in [1.165, 1.54) is 22.3 Å². The summed E-state index contributed by atoms with van der Waals surface area (Å²) in [5.74, 6) is 0.893. The van der Waals surface area contributed by atoms with Crippen molar-refractivity contribution in [3.05, 3.63) is 101 Å². The van der Waals surface area contributed by atoms with Crippen LogP contribution in [0.25, 0.3) is 0 Å². The molecule has 1 saturated heterocycles. The lowest BCUT2D eigenvalue weighted by atomic mass is 9.92. The first kappa shape index (κ1) is 25.3. The van der Waals surface area contributed by atoms with Crippen LogP contribution in [-0.2, 0) is 6.54 Å². The van der Waals surface area contributed by atoms with Gasteiger partial charge in [0.05, 0.1) is 19.3 Å². The van der Waals surface area contributed by atoms with E-state index in [4.69, 9.17) is 4.74 Å². The van der Waals surface area contributed by atoms with E-state index in [1.54, 1.807) is 7.11 Å². The number of benzene rings is 3. The fraction of sp³-hybridized carbons (Fsp3) is 0.357. The quantitative estimate of drug-likeness (QED) is 0.510. The lowest BCUT2D eigenvalue weighted by Crippen LogP contribution is -2.48. The Morgan fingerprint density at radius 2 is 1.27 bits per heavy atom. The number of piperazine rings is 1. The molecule has 3 aromatic carbocycles. The first-order valence-corrected chi connectivity index (χ1v) is 11.4. The minimum absolute atomic E-state index is 0. The van der Waals surface area contributed by atoms with E-state index in [-0.39, 0.29) is 18.4 Å². The van der Waals surface area contributed by atoms with Crippen molar-refractivity contribution >= 4 is 12.4 Å². The van der Waals surface area contributed by atoms with Crippen LogP contribution in [0.15, 0.2) is 72.8 Å². The zero-order valence-electron chi connectivity index (χ0n) is 19.8. The number of halogens is 1. The highest BCUT2D eigenvalue weighted by molar-refractivity contribution is 5.85. The van der Waals surface area contributed by atoms with Crippen molar-refractivity contribution in [2.45, 2.75) is 32.5 Å². The maximum absolute atomic E-state index is 11.4. The van der Waals surface area contributed by atoms with Crippen LogP contribution in [-0.4, -0.2) is 48.2 Å². The second-order valence-corrected chi connectivity index (χ2v) is 8.87. The Labute approximate surface area is 204 Å². The highest BCUT2D eigenvalue weighted by Crippen LogP contribution is 2.35.